The summed E-state index contributed by atoms with van der Waals surface area (Å²) >= 11 is 1.37. The molecule has 0 saturated carbocycles. The maximum Gasteiger partial charge on any atom is 0.332 e. The van der Waals surface area contributed by atoms with Crippen LogP contribution < -0.4 is 11.1 Å². The highest BCUT2D eigenvalue weighted by molar-refractivity contribution is 7.22. The van der Waals surface area contributed by atoms with E-state index in [2.05, 4.69) is 15.3 Å². The molecule has 12 nitrogen and oxygen atoms in total. The maximum atomic E-state index is 14.1. The van der Waals surface area contributed by atoms with Crippen molar-refractivity contribution in [3.63, 3.8) is 0 Å². The van der Waals surface area contributed by atoms with Gasteiger partial charge < -0.3 is 26.0 Å². The molecule has 2 aromatic carbocycles. The number of fused-ring (bicyclic) bond motifs is 2. The molecule has 6 rings (SSSR count). The summed E-state index contributed by atoms with van der Waals surface area (Å²) in [5.41, 5.74) is 8.80. The van der Waals surface area contributed by atoms with Crippen LogP contribution in [0.4, 0.5) is 14.3 Å². The summed E-state index contributed by atoms with van der Waals surface area (Å²) in [5, 5.41) is 16.3. The van der Waals surface area contributed by atoms with E-state index < -0.39 is 18.2 Å². The molecule has 2 fully saturated rings. The Morgan fingerprint density at radius 3 is 2.71 bits per heavy atom. The van der Waals surface area contributed by atoms with E-state index in [9.17, 15) is 23.9 Å². The van der Waals surface area contributed by atoms with Gasteiger partial charge in [-0.1, -0.05) is 42.5 Å². The Hall–Kier alpha value is -4.82. The molecule has 0 bridgehead atoms. The van der Waals surface area contributed by atoms with E-state index in [0.29, 0.717) is 23.8 Å². The first-order chi connectivity index (χ1) is 21.7. The standard InChI is InChI=1S/C31H33FN8O4S/c1-2-12-38(31(44)35-14-19-6-8-21(32)9-7-19)39-18-27(42)40-24(13-22-10-11-23(41)15-34-22)29(43)37(17-26(39)40)16-20-4-3-5-25-28(20)36-30(33)45-25/h3-11,15,24,26,41H,2,12-14,16-18H2,1H3,(H2,33,36)(H,35,44)/t24-,26+/m0/s1. The second-order valence-corrected chi connectivity index (χ2v) is 12.1. The smallest absolute Gasteiger partial charge is 0.332 e. The van der Waals surface area contributed by atoms with E-state index in [1.807, 2.05) is 25.1 Å². The summed E-state index contributed by atoms with van der Waals surface area (Å²) in [6.07, 6.45) is 1.43. The van der Waals surface area contributed by atoms with Crippen LogP contribution >= 0.6 is 11.3 Å². The number of hydrazine groups is 1. The van der Waals surface area contributed by atoms with Crippen LogP contribution in [0.25, 0.3) is 10.2 Å². The lowest BCUT2D eigenvalue weighted by molar-refractivity contribution is -0.157. The second kappa shape index (κ2) is 12.7. The summed E-state index contributed by atoms with van der Waals surface area (Å²) in [4.78, 5) is 53.4. The van der Waals surface area contributed by atoms with Crippen molar-refractivity contribution in [1.29, 1.82) is 0 Å². The van der Waals surface area contributed by atoms with Crippen molar-refractivity contribution in [3.8, 4) is 5.75 Å². The average Bonchev–Trinajstić information content (AvgIpc) is 3.57. The Morgan fingerprint density at radius 1 is 1.18 bits per heavy atom. The zero-order valence-electron chi connectivity index (χ0n) is 24.6. The number of aromatic hydroxyl groups is 1. The number of nitrogens with two attached hydrogens (primary N) is 1. The number of carbonyl (C=O) groups is 3. The van der Waals surface area contributed by atoms with Gasteiger partial charge in [-0.25, -0.2) is 14.2 Å². The lowest BCUT2D eigenvalue weighted by Crippen LogP contribution is -2.66. The lowest BCUT2D eigenvalue weighted by Gasteiger charge is -2.46. The molecule has 4 N–H and O–H groups in total. The number of benzene rings is 2. The molecular formula is C31H33FN8O4S. The zero-order chi connectivity index (χ0) is 31.7. The van der Waals surface area contributed by atoms with Crippen LogP contribution in [0.1, 0.15) is 30.2 Å². The van der Waals surface area contributed by atoms with E-state index in [1.165, 1.54) is 40.7 Å². The third-order valence-corrected chi connectivity index (χ3v) is 8.85. The second-order valence-electron chi connectivity index (χ2n) is 11.0. The monoisotopic (exact) mass is 632 g/mol. The number of anilines is 1. The van der Waals surface area contributed by atoms with Gasteiger partial charge in [-0.2, -0.15) is 5.01 Å². The topological polar surface area (TPSA) is 148 Å². The van der Waals surface area contributed by atoms with Crippen LogP contribution in [0.5, 0.6) is 5.75 Å². The molecule has 4 aromatic rings. The fraction of sp³-hybridized carbons (Fsp3) is 0.323. The van der Waals surface area contributed by atoms with Crippen molar-refractivity contribution >= 4 is 44.5 Å². The normalized spacial score (nSPS) is 18.4. The minimum atomic E-state index is -0.885. The average molecular weight is 633 g/mol. The van der Waals surface area contributed by atoms with E-state index in [0.717, 1.165) is 21.3 Å². The summed E-state index contributed by atoms with van der Waals surface area (Å²) in [6.45, 7) is 2.75. The number of piperazine rings is 1. The molecule has 45 heavy (non-hydrogen) atoms. The van der Waals surface area contributed by atoms with Gasteiger partial charge in [-0.05, 0) is 47.9 Å². The minimum Gasteiger partial charge on any atom is -0.506 e. The highest BCUT2D eigenvalue weighted by Crippen LogP contribution is 2.32. The molecule has 2 aliphatic heterocycles. The number of thiazole rings is 1. The van der Waals surface area contributed by atoms with Gasteiger partial charge in [-0.15, -0.1) is 0 Å². The SMILES string of the molecule is CCCN(C(=O)NCc1ccc(F)cc1)N1CC(=O)N2[C@@H](Cc3ccc(O)cn3)C(=O)N(Cc3cccc4sc(N)nc34)C[C@@H]21. The molecule has 2 aliphatic rings. The number of nitrogens with one attached hydrogen (secondary N) is 1. The van der Waals surface area contributed by atoms with E-state index >= 15 is 0 Å². The van der Waals surface area contributed by atoms with E-state index in [-0.39, 0.29) is 56.0 Å². The Morgan fingerprint density at radius 2 is 1.98 bits per heavy atom. The third-order valence-electron chi connectivity index (χ3n) is 8.00. The highest BCUT2D eigenvalue weighted by Gasteiger charge is 2.52. The van der Waals surface area contributed by atoms with Crippen molar-refractivity contribution in [2.45, 2.75) is 45.1 Å². The molecule has 14 heteroatoms. The Kier molecular flexibility index (Phi) is 8.50. The van der Waals surface area contributed by atoms with E-state index in [1.54, 1.807) is 33.0 Å². The fourth-order valence-corrected chi connectivity index (χ4v) is 6.69. The van der Waals surface area contributed by atoms with Gasteiger partial charge in [-0.3, -0.25) is 19.6 Å². The van der Waals surface area contributed by atoms with Crippen LogP contribution in [0, 0.1) is 5.82 Å². The molecule has 2 atom stereocenters. The molecule has 0 radical (unpaired) electrons. The largest absolute Gasteiger partial charge is 0.506 e. The van der Waals surface area contributed by atoms with Gasteiger partial charge in [0.1, 0.15) is 23.8 Å². The Balaban J connectivity index is 1.30. The van der Waals surface area contributed by atoms with Crippen LogP contribution in [0.15, 0.2) is 60.8 Å². The van der Waals surface area contributed by atoms with Crippen LogP contribution in [-0.4, -0.2) is 84.6 Å². The number of amides is 4. The number of hydrogen-bond acceptors (Lipinski definition) is 9. The number of para-hydroxylation sites is 1. The molecule has 0 aliphatic carbocycles. The number of carbonyl (C=O) groups excluding carboxylic acids is 3. The van der Waals surface area contributed by atoms with Gasteiger partial charge in [0, 0.05) is 31.7 Å². The number of pyridine rings is 1. The lowest BCUT2D eigenvalue weighted by atomic mass is 10.0. The Labute approximate surface area is 262 Å². The van der Waals surface area contributed by atoms with Gasteiger partial charge in [0.25, 0.3) is 0 Å². The molecule has 2 aromatic heterocycles. The van der Waals surface area contributed by atoms with Crippen molar-refractivity contribution in [1.82, 2.24) is 35.1 Å². The summed E-state index contributed by atoms with van der Waals surface area (Å²) < 4.78 is 14.3. The first kappa shape index (κ1) is 30.2. The fourth-order valence-electron chi connectivity index (χ4n) is 5.91. The first-order valence-corrected chi connectivity index (χ1v) is 15.5. The van der Waals surface area contributed by atoms with E-state index in [4.69, 9.17) is 5.73 Å². The van der Waals surface area contributed by atoms with Crippen molar-refractivity contribution in [3.05, 3.63) is 83.4 Å². The van der Waals surface area contributed by atoms with Crippen LogP contribution in [0.3, 0.4) is 0 Å². The van der Waals surface area contributed by atoms with Gasteiger partial charge in [0.05, 0.1) is 29.5 Å². The van der Waals surface area contributed by atoms with Gasteiger partial charge >= 0.3 is 6.03 Å². The molecule has 0 unspecified atom stereocenters. The quantitative estimate of drug-likeness (QED) is 0.255. The molecular weight excluding hydrogens is 599 g/mol. The Bertz CT molecular complexity index is 1720. The number of halogens is 1. The number of hydrogen-bond donors (Lipinski definition) is 3. The summed E-state index contributed by atoms with van der Waals surface area (Å²) in [5.74, 6) is -0.900. The van der Waals surface area contributed by atoms with Crippen molar-refractivity contribution < 1.29 is 23.9 Å². The highest BCUT2D eigenvalue weighted by atomic mass is 32.1. The van der Waals surface area contributed by atoms with Crippen molar-refractivity contribution in [2.75, 3.05) is 25.4 Å². The summed E-state index contributed by atoms with van der Waals surface area (Å²) in [7, 11) is 0. The summed E-state index contributed by atoms with van der Waals surface area (Å²) in [6, 6.07) is 13.4. The molecule has 2 saturated heterocycles. The number of nitrogens with zero attached hydrogens (tertiary/aromatic N) is 6. The van der Waals surface area contributed by atoms with Crippen LogP contribution in [-0.2, 0) is 29.1 Å². The number of nitrogen functional groups attached to an aromatic ring is 1. The molecule has 0 spiro atoms. The third kappa shape index (κ3) is 6.24. The maximum absolute atomic E-state index is 14.1. The minimum absolute atomic E-state index is 0.00543. The van der Waals surface area contributed by atoms with Gasteiger partial charge in [0.2, 0.25) is 11.8 Å². The zero-order valence-corrected chi connectivity index (χ0v) is 25.4. The van der Waals surface area contributed by atoms with Crippen LogP contribution in [0.2, 0.25) is 0 Å². The number of aromatic nitrogens is 2. The predicted molar refractivity (Wildman–Crippen MR) is 166 cm³/mol. The van der Waals surface area contributed by atoms with Gasteiger partial charge in [0.15, 0.2) is 5.13 Å². The van der Waals surface area contributed by atoms with Crippen molar-refractivity contribution in [2.24, 2.45) is 0 Å². The number of rotatable bonds is 9. The molecule has 4 heterocycles. The first-order valence-electron chi connectivity index (χ1n) is 14.7. The predicted octanol–water partition coefficient (Wildman–Crippen LogP) is 3.08. The molecule has 234 valence electrons. The molecule has 4 amide bonds. The number of urea groups is 1.